The number of amides is 1. The van der Waals surface area contributed by atoms with Crippen molar-refractivity contribution >= 4 is 40.2 Å². The molecule has 1 spiro atoms. The summed E-state index contributed by atoms with van der Waals surface area (Å²) in [5.41, 5.74) is 0.716. The second kappa shape index (κ2) is 9.99. The summed E-state index contributed by atoms with van der Waals surface area (Å²) in [5.74, 6) is 2.84. The average Bonchev–Trinajstić information content (AvgIpc) is 3.54. The Hall–Kier alpha value is -3.51. The van der Waals surface area contributed by atoms with E-state index in [1.165, 1.54) is 0 Å². The summed E-state index contributed by atoms with van der Waals surface area (Å²) < 4.78 is 7.95. The zero-order valence-electron chi connectivity index (χ0n) is 21.9. The molecule has 6 rings (SSSR count). The molecule has 1 unspecified atom stereocenters. The molecule has 0 bridgehead atoms. The number of carbonyl (C=O) groups is 1. The first-order valence-corrected chi connectivity index (χ1v) is 13.5. The van der Waals surface area contributed by atoms with Gasteiger partial charge in [-0.25, -0.2) is 9.97 Å². The summed E-state index contributed by atoms with van der Waals surface area (Å²) in [4.78, 5) is 29.7. The fourth-order valence-electron chi connectivity index (χ4n) is 5.48. The maximum Gasteiger partial charge on any atom is 0.246 e. The summed E-state index contributed by atoms with van der Waals surface area (Å²) in [5, 5.41) is 22.3. The minimum absolute atomic E-state index is 0.0507. The summed E-state index contributed by atoms with van der Waals surface area (Å²) in [7, 11) is 0. The highest BCUT2D eigenvalue weighted by atomic mass is 16.5. The summed E-state index contributed by atoms with van der Waals surface area (Å²) in [6, 6.07) is 4.08. The monoisotopic (exact) mass is 521 g/mol. The Morgan fingerprint density at radius 2 is 2.08 bits per heavy atom. The van der Waals surface area contributed by atoms with E-state index in [1.807, 2.05) is 18.3 Å². The van der Waals surface area contributed by atoms with Crippen molar-refractivity contribution in [3.8, 4) is 0 Å². The molecule has 3 fully saturated rings. The number of ether oxygens (including phenoxy) is 1. The van der Waals surface area contributed by atoms with Gasteiger partial charge >= 0.3 is 0 Å². The molecule has 3 aliphatic rings. The maximum atomic E-state index is 11.5. The van der Waals surface area contributed by atoms with Gasteiger partial charge in [-0.3, -0.25) is 9.48 Å². The fraction of sp³-hybridized carbons (Fsp3) is 0.577. The second-order valence-electron chi connectivity index (χ2n) is 10.6. The Kier molecular flexibility index (Phi) is 6.52. The van der Waals surface area contributed by atoms with Gasteiger partial charge in [-0.15, -0.1) is 0 Å². The van der Waals surface area contributed by atoms with E-state index in [0.29, 0.717) is 30.7 Å². The van der Waals surface area contributed by atoms with Crippen molar-refractivity contribution in [2.75, 3.05) is 54.4 Å². The molecule has 3 aliphatic heterocycles. The molecule has 12 heteroatoms. The summed E-state index contributed by atoms with van der Waals surface area (Å²) in [6.45, 7) is 7.89. The lowest BCUT2D eigenvalue weighted by atomic mass is 9.90. The van der Waals surface area contributed by atoms with E-state index in [4.69, 9.17) is 14.8 Å². The number of carbonyl (C=O) groups excluding carboxylic acids is 1. The van der Waals surface area contributed by atoms with Crippen molar-refractivity contribution in [3.63, 3.8) is 0 Å². The number of hydrogen-bond acceptors (Lipinski definition) is 10. The number of nitrogens with zero attached hydrogens (tertiary/aromatic N) is 7. The number of aliphatic hydroxyl groups is 1. The third-order valence-electron chi connectivity index (χ3n) is 8.02. The summed E-state index contributed by atoms with van der Waals surface area (Å²) >= 11 is 0. The van der Waals surface area contributed by atoms with E-state index in [0.717, 1.165) is 62.0 Å². The number of pyridine rings is 1. The first kappa shape index (κ1) is 24.8. The van der Waals surface area contributed by atoms with Crippen LogP contribution < -0.4 is 20.4 Å². The summed E-state index contributed by atoms with van der Waals surface area (Å²) in [6.07, 6.45) is 6.62. The van der Waals surface area contributed by atoms with Crippen LogP contribution in [0.3, 0.4) is 0 Å². The molecule has 12 nitrogen and oxygen atoms in total. The Balaban J connectivity index is 1.20. The predicted molar refractivity (Wildman–Crippen MR) is 144 cm³/mol. The Labute approximate surface area is 221 Å². The van der Waals surface area contributed by atoms with Gasteiger partial charge in [0.1, 0.15) is 18.2 Å². The van der Waals surface area contributed by atoms with Gasteiger partial charge < -0.3 is 30.3 Å². The molecule has 2 atom stereocenters. The van der Waals surface area contributed by atoms with Gasteiger partial charge in [0.25, 0.3) is 0 Å². The number of aromatic nitrogens is 5. The topological polar surface area (TPSA) is 134 Å². The number of aliphatic hydroxyl groups excluding tert-OH is 1. The van der Waals surface area contributed by atoms with Crippen LogP contribution in [0, 0.1) is 0 Å². The number of rotatable bonds is 6. The molecule has 3 N–H and O–H groups in total. The number of fused-ring (bicyclic) bond motifs is 1. The van der Waals surface area contributed by atoms with Crippen LogP contribution in [-0.2, 0) is 9.53 Å². The van der Waals surface area contributed by atoms with E-state index < -0.39 is 0 Å². The highest BCUT2D eigenvalue weighted by Crippen LogP contribution is 2.33. The van der Waals surface area contributed by atoms with Crippen molar-refractivity contribution in [1.82, 2.24) is 30.0 Å². The third-order valence-corrected chi connectivity index (χ3v) is 8.02. The van der Waals surface area contributed by atoms with Gasteiger partial charge in [0, 0.05) is 57.2 Å². The molecule has 0 aromatic carbocycles. The molecule has 0 aliphatic carbocycles. The molecule has 3 saturated heterocycles. The quantitative estimate of drug-likeness (QED) is 0.442. The minimum Gasteiger partial charge on any atom is -0.391 e. The second-order valence-corrected chi connectivity index (χ2v) is 10.6. The van der Waals surface area contributed by atoms with Crippen molar-refractivity contribution in [3.05, 3.63) is 24.5 Å². The smallest absolute Gasteiger partial charge is 0.246 e. The maximum absolute atomic E-state index is 11.5. The van der Waals surface area contributed by atoms with Gasteiger partial charge in [0.05, 0.1) is 22.6 Å². The highest BCUT2D eigenvalue weighted by molar-refractivity contribution is 5.92. The third kappa shape index (κ3) is 4.73. The van der Waals surface area contributed by atoms with Gasteiger partial charge in [0.15, 0.2) is 5.82 Å². The Morgan fingerprint density at radius 3 is 2.79 bits per heavy atom. The van der Waals surface area contributed by atoms with Crippen LogP contribution in [0.5, 0.6) is 0 Å². The molecule has 1 amide bonds. The first-order valence-electron chi connectivity index (χ1n) is 13.5. The van der Waals surface area contributed by atoms with Crippen LogP contribution in [0.1, 0.15) is 45.6 Å². The van der Waals surface area contributed by atoms with Gasteiger partial charge in [-0.05, 0) is 38.7 Å². The number of β-amino-alcohol motifs (C(OH)–C–C–N with tert-alkyl or cyclic N) is 1. The number of anilines is 4. The van der Waals surface area contributed by atoms with Crippen molar-refractivity contribution in [1.29, 1.82) is 0 Å². The van der Waals surface area contributed by atoms with Crippen molar-refractivity contribution in [2.24, 2.45) is 0 Å². The van der Waals surface area contributed by atoms with Gasteiger partial charge in [-0.2, -0.15) is 10.1 Å². The lowest BCUT2D eigenvalue weighted by Gasteiger charge is -2.43. The lowest BCUT2D eigenvalue weighted by Crippen LogP contribution is -2.57. The number of hydrogen-bond donors (Lipinski definition) is 3. The Bertz CT molecular complexity index is 1310. The van der Waals surface area contributed by atoms with Crippen LogP contribution in [0.15, 0.2) is 24.5 Å². The van der Waals surface area contributed by atoms with Crippen LogP contribution >= 0.6 is 0 Å². The number of morpholine rings is 1. The number of piperidine rings is 1. The van der Waals surface area contributed by atoms with Crippen molar-refractivity contribution < 1.29 is 14.6 Å². The van der Waals surface area contributed by atoms with E-state index in [9.17, 15) is 9.90 Å². The normalized spacial score (nSPS) is 22.2. The van der Waals surface area contributed by atoms with Crippen LogP contribution in [0.2, 0.25) is 0 Å². The van der Waals surface area contributed by atoms with E-state index >= 15 is 0 Å². The van der Waals surface area contributed by atoms with Crippen LogP contribution in [-0.4, -0.2) is 86.8 Å². The van der Waals surface area contributed by atoms with Crippen LogP contribution in [0.25, 0.3) is 10.9 Å². The van der Waals surface area contributed by atoms with Gasteiger partial charge in [0.2, 0.25) is 11.9 Å². The van der Waals surface area contributed by atoms with E-state index in [1.54, 1.807) is 6.20 Å². The molecule has 0 radical (unpaired) electrons. The molecule has 0 saturated carbocycles. The SMILES string of the molecule is CC[C@H](C)n1nc(N2CCC(O)C2)c2cnc(Nc3ccnc(N4CCC5(CC4)CNC(=O)CO5)n3)cc21. The molecule has 3 aromatic rings. The number of nitrogens with one attached hydrogen (secondary N) is 2. The van der Waals surface area contributed by atoms with Crippen molar-refractivity contribution in [2.45, 2.75) is 57.3 Å². The molecule has 202 valence electrons. The molecule has 6 heterocycles. The highest BCUT2D eigenvalue weighted by Gasteiger charge is 2.39. The molecular weight excluding hydrogens is 486 g/mol. The molecule has 3 aromatic heterocycles. The minimum atomic E-state index is -0.318. The van der Waals surface area contributed by atoms with E-state index in [-0.39, 0.29) is 30.3 Å². The largest absolute Gasteiger partial charge is 0.391 e. The first-order chi connectivity index (χ1) is 18.4. The average molecular weight is 522 g/mol. The van der Waals surface area contributed by atoms with E-state index in [2.05, 4.69) is 48.9 Å². The predicted octanol–water partition coefficient (Wildman–Crippen LogP) is 1.99. The Morgan fingerprint density at radius 1 is 1.24 bits per heavy atom. The van der Waals surface area contributed by atoms with Gasteiger partial charge in [-0.1, -0.05) is 6.92 Å². The standard InChI is InChI=1S/C26H35N9O3/c1-3-17(2)35-20-12-22(28-13-19(20)24(32-35)34-9-5-18(36)14-34)30-21-4-8-27-25(31-21)33-10-6-26(7-11-33)16-29-23(37)15-38-26/h4,8,12-13,17-18,36H,3,5-7,9-11,14-16H2,1-2H3,(H,29,37)(H,27,28,30,31)/t17-,18?/m0/s1. The molecule has 38 heavy (non-hydrogen) atoms. The fourth-order valence-corrected chi connectivity index (χ4v) is 5.48. The molecular formula is C26H35N9O3. The lowest BCUT2D eigenvalue weighted by molar-refractivity contribution is -0.146. The zero-order valence-corrected chi connectivity index (χ0v) is 21.9. The van der Waals surface area contributed by atoms with Crippen LogP contribution in [0.4, 0.5) is 23.4 Å². The zero-order chi connectivity index (χ0) is 26.3.